The number of aromatic nitrogens is 1. The maximum Gasteiger partial charge on any atom is 0.271 e. The fourth-order valence-electron chi connectivity index (χ4n) is 6.06. The molecule has 9 heteroatoms. The Balaban J connectivity index is 1.41. The Morgan fingerprint density at radius 3 is 2.51 bits per heavy atom. The molecule has 7 rings (SSSR count). The highest BCUT2D eigenvalue weighted by Gasteiger charge is 2.33. The first kappa shape index (κ1) is 30.2. The maximum atomic E-state index is 14.4. The SMILES string of the molecule is COc1ccc([C@@H]2C3=C(N=c4s/c(=C/c5cc(I)cc(I)c5OCc5ccccc5)c(=O)n42)c2ccccc2CC3)cc1OC. The van der Waals surface area contributed by atoms with E-state index in [0.717, 1.165) is 59.3 Å². The first-order chi connectivity index (χ1) is 21.9. The van der Waals surface area contributed by atoms with Crippen LogP contribution in [0.2, 0.25) is 0 Å². The van der Waals surface area contributed by atoms with Crippen LogP contribution in [0.25, 0.3) is 11.8 Å². The molecule has 45 heavy (non-hydrogen) atoms. The van der Waals surface area contributed by atoms with E-state index >= 15 is 0 Å². The fraction of sp³-hybridized carbons (Fsp3) is 0.167. The van der Waals surface area contributed by atoms with Gasteiger partial charge in [-0.25, -0.2) is 4.99 Å². The molecule has 1 atom stereocenters. The molecular weight excluding hydrogens is 810 g/mol. The summed E-state index contributed by atoms with van der Waals surface area (Å²) in [6, 6.07) is 28.3. The zero-order valence-electron chi connectivity index (χ0n) is 24.6. The van der Waals surface area contributed by atoms with Gasteiger partial charge < -0.3 is 14.2 Å². The number of hydrogen-bond donors (Lipinski definition) is 0. The van der Waals surface area contributed by atoms with Crippen LogP contribution >= 0.6 is 56.5 Å². The average Bonchev–Trinajstić information content (AvgIpc) is 3.37. The van der Waals surface area contributed by atoms with Crippen LogP contribution in [-0.2, 0) is 13.0 Å². The number of methoxy groups -OCH3 is 2. The van der Waals surface area contributed by atoms with Crippen molar-refractivity contribution < 1.29 is 14.2 Å². The predicted molar refractivity (Wildman–Crippen MR) is 195 cm³/mol. The molecule has 0 amide bonds. The summed E-state index contributed by atoms with van der Waals surface area (Å²) < 4.78 is 22.1. The molecule has 4 aromatic carbocycles. The Bertz CT molecular complexity index is 2150. The van der Waals surface area contributed by atoms with Gasteiger partial charge in [0, 0.05) is 14.7 Å². The second-order valence-electron chi connectivity index (χ2n) is 10.8. The Labute approximate surface area is 292 Å². The summed E-state index contributed by atoms with van der Waals surface area (Å²) in [5.74, 6) is 2.03. The van der Waals surface area contributed by atoms with Crippen LogP contribution in [0.3, 0.4) is 0 Å². The third kappa shape index (κ3) is 5.74. The van der Waals surface area contributed by atoms with Gasteiger partial charge in [0.15, 0.2) is 16.3 Å². The molecule has 6 nitrogen and oxygen atoms in total. The molecule has 0 bridgehead atoms. The minimum absolute atomic E-state index is 0.0770. The number of aryl methyl sites for hydroxylation is 1. The molecule has 0 saturated carbocycles. The van der Waals surface area contributed by atoms with Crippen molar-refractivity contribution in [2.75, 3.05) is 14.2 Å². The van der Waals surface area contributed by atoms with Crippen molar-refractivity contribution in [3.8, 4) is 17.2 Å². The average molecular weight is 839 g/mol. The molecule has 1 aromatic heterocycles. The standard InChI is InChI=1S/C36H28I2N2O4S/c1-42-29-15-13-23(17-30(29)43-2)33-27-14-12-22-10-6-7-11-26(22)32(27)39-36-40(33)35(41)31(45-36)18-24-16-25(37)19-28(38)34(24)44-20-21-8-4-3-5-9-21/h3-11,13,15-19,33H,12,14,20H2,1-2H3/b31-18+/t33-/m1/s1. The number of hydrogen-bond acceptors (Lipinski definition) is 6. The van der Waals surface area contributed by atoms with E-state index in [-0.39, 0.29) is 11.6 Å². The lowest BCUT2D eigenvalue weighted by molar-refractivity contribution is 0.303. The van der Waals surface area contributed by atoms with Crippen LogP contribution in [-0.4, -0.2) is 18.8 Å². The molecule has 1 aliphatic heterocycles. The van der Waals surface area contributed by atoms with Gasteiger partial charge >= 0.3 is 0 Å². The first-order valence-corrected chi connectivity index (χ1v) is 17.4. The second kappa shape index (κ2) is 12.8. The lowest BCUT2D eigenvalue weighted by Gasteiger charge is -2.31. The number of halogens is 2. The number of benzene rings is 4. The normalized spacial score (nSPS) is 15.6. The van der Waals surface area contributed by atoms with Crippen molar-refractivity contribution in [2.45, 2.75) is 25.5 Å². The lowest BCUT2D eigenvalue weighted by Crippen LogP contribution is -2.38. The first-order valence-electron chi connectivity index (χ1n) is 14.5. The molecule has 0 N–H and O–H groups in total. The number of nitrogens with zero attached hydrogens (tertiary/aromatic N) is 2. The summed E-state index contributed by atoms with van der Waals surface area (Å²) in [6.07, 6.45) is 3.66. The van der Waals surface area contributed by atoms with Gasteiger partial charge in [0.1, 0.15) is 12.4 Å². The third-order valence-electron chi connectivity index (χ3n) is 8.15. The van der Waals surface area contributed by atoms with E-state index in [1.807, 2.05) is 59.2 Å². The molecule has 0 fully saturated rings. The van der Waals surface area contributed by atoms with Crippen molar-refractivity contribution in [3.05, 3.63) is 145 Å². The summed E-state index contributed by atoms with van der Waals surface area (Å²) in [5, 5.41) is 0. The highest BCUT2D eigenvalue weighted by molar-refractivity contribution is 14.1. The predicted octanol–water partition coefficient (Wildman–Crippen LogP) is 7.12. The van der Waals surface area contributed by atoms with E-state index in [2.05, 4.69) is 81.6 Å². The van der Waals surface area contributed by atoms with E-state index in [9.17, 15) is 4.79 Å². The van der Waals surface area contributed by atoms with Gasteiger partial charge in [0.05, 0.1) is 34.1 Å². The van der Waals surface area contributed by atoms with Crippen LogP contribution in [0.5, 0.6) is 17.2 Å². The summed E-state index contributed by atoms with van der Waals surface area (Å²) in [7, 11) is 3.26. The number of fused-ring (bicyclic) bond motifs is 3. The van der Waals surface area contributed by atoms with Gasteiger partial charge in [-0.05, 0) is 111 Å². The van der Waals surface area contributed by atoms with Crippen molar-refractivity contribution >= 4 is 68.3 Å². The van der Waals surface area contributed by atoms with Crippen molar-refractivity contribution in [1.29, 1.82) is 0 Å². The van der Waals surface area contributed by atoms with Crippen LogP contribution in [0.4, 0.5) is 0 Å². The summed E-state index contributed by atoms with van der Waals surface area (Å²) >= 11 is 6.04. The van der Waals surface area contributed by atoms with Gasteiger partial charge in [0.25, 0.3) is 5.56 Å². The smallest absolute Gasteiger partial charge is 0.271 e. The maximum absolute atomic E-state index is 14.4. The summed E-state index contributed by atoms with van der Waals surface area (Å²) in [5.41, 5.74) is 7.33. The molecule has 0 spiro atoms. The lowest BCUT2D eigenvalue weighted by atomic mass is 9.83. The van der Waals surface area contributed by atoms with Gasteiger partial charge in [-0.2, -0.15) is 0 Å². The Hall–Kier alpha value is -3.42. The number of ether oxygens (including phenoxy) is 3. The minimum atomic E-state index is -0.323. The van der Waals surface area contributed by atoms with E-state index in [1.165, 1.54) is 16.9 Å². The van der Waals surface area contributed by atoms with Crippen molar-refractivity contribution in [2.24, 2.45) is 4.99 Å². The molecule has 0 unspecified atom stereocenters. The van der Waals surface area contributed by atoms with E-state index in [1.54, 1.807) is 14.2 Å². The summed E-state index contributed by atoms with van der Waals surface area (Å²) in [4.78, 5) is 20.3. The molecular formula is C36H28I2N2O4S. The summed E-state index contributed by atoms with van der Waals surface area (Å²) in [6.45, 7) is 0.435. The zero-order valence-corrected chi connectivity index (χ0v) is 29.7. The molecule has 0 saturated heterocycles. The zero-order chi connectivity index (χ0) is 31.1. The Kier molecular flexibility index (Phi) is 8.58. The van der Waals surface area contributed by atoms with Gasteiger partial charge in [-0.3, -0.25) is 9.36 Å². The molecule has 1 aliphatic carbocycles. The van der Waals surface area contributed by atoms with Gasteiger partial charge in [0.2, 0.25) is 0 Å². The molecule has 2 heterocycles. The second-order valence-corrected chi connectivity index (χ2v) is 14.2. The molecule has 226 valence electrons. The fourth-order valence-corrected chi connectivity index (χ4v) is 9.09. The quantitative estimate of drug-likeness (QED) is 0.164. The minimum Gasteiger partial charge on any atom is -0.493 e. The van der Waals surface area contributed by atoms with Crippen LogP contribution in [0.1, 0.15) is 40.3 Å². The third-order valence-corrected chi connectivity index (χ3v) is 10.6. The van der Waals surface area contributed by atoms with E-state index < -0.39 is 0 Å². The highest BCUT2D eigenvalue weighted by Crippen LogP contribution is 2.43. The largest absolute Gasteiger partial charge is 0.493 e. The van der Waals surface area contributed by atoms with Crippen LogP contribution in [0.15, 0.2) is 100 Å². The highest BCUT2D eigenvalue weighted by atomic mass is 127. The topological polar surface area (TPSA) is 62.0 Å². The Morgan fingerprint density at radius 1 is 0.933 bits per heavy atom. The number of rotatable bonds is 7. The molecule has 0 radical (unpaired) electrons. The van der Waals surface area contributed by atoms with E-state index in [0.29, 0.717) is 27.4 Å². The molecule has 2 aliphatic rings. The van der Waals surface area contributed by atoms with Crippen molar-refractivity contribution in [3.63, 3.8) is 0 Å². The molecule has 5 aromatic rings. The number of allylic oxidation sites excluding steroid dienone is 1. The van der Waals surface area contributed by atoms with Gasteiger partial charge in [-0.15, -0.1) is 0 Å². The van der Waals surface area contributed by atoms with Crippen molar-refractivity contribution in [1.82, 2.24) is 4.57 Å². The van der Waals surface area contributed by atoms with E-state index in [4.69, 9.17) is 19.2 Å². The van der Waals surface area contributed by atoms with Gasteiger partial charge in [-0.1, -0.05) is 72.0 Å². The van der Waals surface area contributed by atoms with Crippen LogP contribution in [0, 0.1) is 7.14 Å². The monoisotopic (exact) mass is 838 g/mol. The van der Waals surface area contributed by atoms with Crippen LogP contribution < -0.4 is 29.1 Å². The number of thiazole rings is 1. The Morgan fingerprint density at radius 2 is 1.71 bits per heavy atom.